The Bertz CT molecular complexity index is 556. The van der Waals surface area contributed by atoms with Crippen LogP contribution in [0.1, 0.15) is 23.5 Å². The first-order valence-electron chi connectivity index (χ1n) is 6.85. The van der Waals surface area contributed by atoms with Crippen molar-refractivity contribution in [2.45, 2.75) is 19.3 Å². The van der Waals surface area contributed by atoms with Crippen molar-refractivity contribution in [1.82, 2.24) is 0 Å². The molecule has 2 aromatic carbocycles. The van der Waals surface area contributed by atoms with Crippen molar-refractivity contribution >= 4 is 11.6 Å². The van der Waals surface area contributed by atoms with E-state index in [4.69, 9.17) is 22.1 Å². The lowest BCUT2D eigenvalue weighted by atomic mass is 9.92. The molecular formula is C17H20ClNO. The van der Waals surface area contributed by atoms with Crippen LogP contribution in [-0.4, -0.2) is 13.2 Å². The Hall–Kier alpha value is -1.51. The van der Waals surface area contributed by atoms with Crippen molar-refractivity contribution in [3.05, 3.63) is 64.7 Å². The summed E-state index contributed by atoms with van der Waals surface area (Å²) in [6, 6.07) is 15.9. The van der Waals surface area contributed by atoms with Gasteiger partial charge in [-0.25, -0.2) is 0 Å². The van der Waals surface area contributed by atoms with Crippen LogP contribution < -0.4 is 10.5 Å². The maximum atomic E-state index is 6.07. The summed E-state index contributed by atoms with van der Waals surface area (Å²) in [4.78, 5) is 0. The van der Waals surface area contributed by atoms with E-state index in [9.17, 15) is 0 Å². The maximum absolute atomic E-state index is 6.07. The van der Waals surface area contributed by atoms with Gasteiger partial charge >= 0.3 is 0 Å². The molecule has 0 fully saturated rings. The van der Waals surface area contributed by atoms with Crippen LogP contribution >= 0.6 is 11.6 Å². The average molecular weight is 290 g/mol. The zero-order valence-electron chi connectivity index (χ0n) is 11.7. The van der Waals surface area contributed by atoms with Gasteiger partial charge in [-0.3, -0.25) is 0 Å². The summed E-state index contributed by atoms with van der Waals surface area (Å²) in [6.45, 7) is 3.35. The largest absolute Gasteiger partial charge is 0.492 e. The summed E-state index contributed by atoms with van der Waals surface area (Å²) in [7, 11) is 0. The first-order valence-corrected chi connectivity index (χ1v) is 7.23. The minimum absolute atomic E-state index is 0.318. The Labute approximate surface area is 125 Å². The van der Waals surface area contributed by atoms with E-state index < -0.39 is 0 Å². The van der Waals surface area contributed by atoms with Crippen LogP contribution in [0.15, 0.2) is 48.5 Å². The van der Waals surface area contributed by atoms with Gasteiger partial charge in [-0.05, 0) is 49.1 Å². The van der Waals surface area contributed by atoms with Crippen LogP contribution in [0.4, 0.5) is 0 Å². The van der Waals surface area contributed by atoms with Gasteiger partial charge in [0.1, 0.15) is 5.75 Å². The van der Waals surface area contributed by atoms with Crippen molar-refractivity contribution in [1.29, 1.82) is 0 Å². The summed E-state index contributed by atoms with van der Waals surface area (Å²) in [5.41, 5.74) is 8.48. The van der Waals surface area contributed by atoms with Gasteiger partial charge in [-0.15, -0.1) is 0 Å². The van der Waals surface area contributed by atoms with Gasteiger partial charge in [0, 0.05) is 0 Å². The molecule has 0 amide bonds. The zero-order valence-corrected chi connectivity index (χ0v) is 12.4. The molecule has 2 aromatic rings. The number of ether oxygens (including phenoxy) is 1. The Balaban J connectivity index is 1.95. The van der Waals surface area contributed by atoms with Crippen LogP contribution in [0.5, 0.6) is 5.75 Å². The fraction of sp³-hybridized carbons (Fsp3) is 0.294. The number of para-hydroxylation sites is 1. The Kier molecular flexibility index (Phi) is 5.45. The third kappa shape index (κ3) is 3.75. The number of hydrogen-bond acceptors (Lipinski definition) is 2. The Morgan fingerprint density at radius 3 is 2.50 bits per heavy atom. The lowest BCUT2D eigenvalue weighted by molar-refractivity contribution is 0.298. The van der Waals surface area contributed by atoms with Crippen LogP contribution in [0.3, 0.4) is 0 Å². The summed E-state index contributed by atoms with van der Waals surface area (Å²) >= 11 is 6.07. The second kappa shape index (κ2) is 7.32. The molecule has 1 atom stereocenters. The molecule has 0 saturated heterocycles. The van der Waals surface area contributed by atoms with Gasteiger partial charge in [0.25, 0.3) is 0 Å². The number of rotatable bonds is 6. The highest BCUT2D eigenvalue weighted by atomic mass is 35.5. The molecule has 0 saturated carbocycles. The van der Waals surface area contributed by atoms with Crippen molar-refractivity contribution in [3.63, 3.8) is 0 Å². The van der Waals surface area contributed by atoms with E-state index in [0.29, 0.717) is 24.1 Å². The van der Waals surface area contributed by atoms with E-state index in [0.717, 1.165) is 12.2 Å². The molecule has 2 nitrogen and oxygen atoms in total. The van der Waals surface area contributed by atoms with E-state index in [1.165, 1.54) is 11.1 Å². The predicted molar refractivity (Wildman–Crippen MR) is 84.5 cm³/mol. The molecule has 0 bridgehead atoms. The third-order valence-electron chi connectivity index (χ3n) is 3.47. The Morgan fingerprint density at radius 1 is 1.10 bits per heavy atom. The lowest BCUT2D eigenvalue weighted by Gasteiger charge is -2.18. The number of hydrogen-bond donors (Lipinski definition) is 1. The summed E-state index contributed by atoms with van der Waals surface area (Å²) in [5, 5.41) is 0.646. The molecule has 2 N–H and O–H groups in total. The SMILES string of the molecule is Cc1ccccc1C(CN)CCOc1ccccc1Cl. The molecule has 2 rings (SSSR count). The molecular weight excluding hydrogens is 270 g/mol. The highest BCUT2D eigenvalue weighted by Crippen LogP contribution is 2.25. The second-order valence-corrected chi connectivity index (χ2v) is 5.26. The van der Waals surface area contributed by atoms with Crippen molar-refractivity contribution in [2.24, 2.45) is 5.73 Å². The highest BCUT2D eigenvalue weighted by molar-refractivity contribution is 6.32. The topological polar surface area (TPSA) is 35.2 Å². The summed E-state index contributed by atoms with van der Waals surface area (Å²) in [5.74, 6) is 1.05. The van der Waals surface area contributed by atoms with E-state index >= 15 is 0 Å². The van der Waals surface area contributed by atoms with Gasteiger partial charge < -0.3 is 10.5 Å². The highest BCUT2D eigenvalue weighted by Gasteiger charge is 2.12. The second-order valence-electron chi connectivity index (χ2n) is 4.86. The molecule has 0 spiro atoms. The molecule has 0 aromatic heterocycles. The summed E-state index contributed by atoms with van der Waals surface area (Å²) in [6.07, 6.45) is 0.882. The number of halogens is 1. The molecule has 0 aliphatic carbocycles. The van der Waals surface area contributed by atoms with Crippen LogP contribution in [0.2, 0.25) is 5.02 Å². The minimum Gasteiger partial charge on any atom is -0.492 e. The minimum atomic E-state index is 0.318. The predicted octanol–water partition coefficient (Wildman–Crippen LogP) is 4.16. The molecule has 3 heteroatoms. The van der Waals surface area contributed by atoms with Gasteiger partial charge in [-0.2, -0.15) is 0 Å². The Morgan fingerprint density at radius 2 is 1.80 bits per heavy atom. The molecule has 0 aliphatic heterocycles. The fourth-order valence-electron chi connectivity index (χ4n) is 2.32. The fourth-order valence-corrected chi connectivity index (χ4v) is 2.51. The van der Waals surface area contributed by atoms with E-state index in [1.54, 1.807) is 0 Å². The first kappa shape index (κ1) is 14.9. The molecule has 0 aliphatic rings. The molecule has 1 unspecified atom stereocenters. The number of benzene rings is 2. The number of nitrogens with two attached hydrogens (primary N) is 1. The first-order chi connectivity index (χ1) is 9.72. The van der Waals surface area contributed by atoms with Gasteiger partial charge in [-0.1, -0.05) is 48.0 Å². The zero-order chi connectivity index (χ0) is 14.4. The molecule has 0 radical (unpaired) electrons. The molecule has 20 heavy (non-hydrogen) atoms. The van der Waals surface area contributed by atoms with Crippen LogP contribution in [-0.2, 0) is 0 Å². The van der Waals surface area contributed by atoms with E-state index in [1.807, 2.05) is 30.3 Å². The number of aryl methyl sites for hydroxylation is 1. The van der Waals surface area contributed by atoms with E-state index in [-0.39, 0.29) is 0 Å². The van der Waals surface area contributed by atoms with Crippen molar-refractivity contribution in [3.8, 4) is 5.75 Å². The van der Waals surface area contributed by atoms with Crippen LogP contribution in [0.25, 0.3) is 0 Å². The van der Waals surface area contributed by atoms with E-state index in [2.05, 4.69) is 25.1 Å². The maximum Gasteiger partial charge on any atom is 0.137 e. The average Bonchev–Trinajstić information content (AvgIpc) is 2.46. The van der Waals surface area contributed by atoms with Gasteiger partial charge in [0.2, 0.25) is 0 Å². The lowest BCUT2D eigenvalue weighted by Crippen LogP contribution is -2.16. The van der Waals surface area contributed by atoms with Crippen molar-refractivity contribution < 1.29 is 4.74 Å². The molecule has 0 heterocycles. The van der Waals surface area contributed by atoms with Crippen LogP contribution in [0, 0.1) is 6.92 Å². The standard InChI is InChI=1S/C17H20ClNO/c1-13-6-2-3-7-15(13)14(12-19)10-11-20-17-9-5-4-8-16(17)18/h2-9,14H,10-12,19H2,1H3. The van der Waals surface area contributed by atoms with Gasteiger partial charge in [0.15, 0.2) is 0 Å². The third-order valence-corrected chi connectivity index (χ3v) is 3.79. The van der Waals surface area contributed by atoms with Gasteiger partial charge in [0.05, 0.1) is 11.6 Å². The smallest absolute Gasteiger partial charge is 0.137 e. The molecule has 106 valence electrons. The quantitative estimate of drug-likeness (QED) is 0.866. The van der Waals surface area contributed by atoms with Crippen molar-refractivity contribution in [2.75, 3.05) is 13.2 Å². The summed E-state index contributed by atoms with van der Waals surface area (Å²) < 4.78 is 5.74. The monoisotopic (exact) mass is 289 g/mol. The normalized spacial score (nSPS) is 12.2.